The molecule has 5 heteroatoms. The van der Waals surface area contributed by atoms with E-state index in [0.29, 0.717) is 5.95 Å². The number of aromatic nitrogens is 4. The first-order chi connectivity index (χ1) is 22.2. The van der Waals surface area contributed by atoms with Crippen LogP contribution >= 0.6 is 0 Å². The quantitative estimate of drug-likeness (QED) is 0.212. The molecule has 45 heavy (non-hydrogen) atoms. The van der Waals surface area contributed by atoms with Crippen molar-refractivity contribution in [1.82, 2.24) is 19.1 Å². The molecule has 0 radical (unpaired) electrons. The summed E-state index contributed by atoms with van der Waals surface area (Å²) in [5, 5.41) is 4.70. The summed E-state index contributed by atoms with van der Waals surface area (Å²) in [5.74, 6) is 0.617. The van der Waals surface area contributed by atoms with Gasteiger partial charge in [-0.3, -0.25) is 4.57 Å². The maximum Gasteiger partial charge on any atom is 0.235 e. The Hall–Kier alpha value is -6.20. The van der Waals surface area contributed by atoms with Gasteiger partial charge in [0.15, 0.2) is 0 Å². The Morgan fingerprint density at radius 2 is 0.911 bits per heavy atom. The molecule has 5 nitrogen and oxygen atoms in total. The number of anilines is 1. The summed E-state index contributed by atoms with van der Waals surface area (Å²) >= 11 is 0. The van der Waals surface area contributed by atoms with Crippen molar-refractivity contribution in [2.45, 2.75) is 0 Å². The third-order valence-corrected chi connectivity index (χ3v) is 8.67. The van der Waals surface area contributed by atoms with Crippen LogP contribution in [0.2, 0.25) is 0 Å². The zero-order valence-corrected chi connectivity index (χ0v) is 24.3. The van der Waals surface area contributed by atoms with E-state index in [1.807, 2.05) is 42.5 Å². The van der Waals surface area contributed by atoms with E-state index in [1.165, 1.54) is 10.8 Å². The lowest BCUT2D eigenvalue weighted by atomic mass is 10.1. The second-order valence-electron chi connectivity index (χ2n) is 11.3. The standard InChI is InChI=1S/C40H27N5/c41-28-21-19-27(20-22-28)35-25-34(26-11-3-1-4-12-26)42-40(43-35)45-37-18-10-8-16-31(37)33-24-23-32-30-15-7-9-17-36(30)44(38(32)39(33)45)29-13-5-2-6-14-29/h1-25H,41H2. The van der Waals surface area contributed by atoms with Crippen LogP contribution in [0.3, 0.4) is 0 Å². The lowest BCUT2D eigenvalue weighted by Crippen LogP contribution is -2.05. The Bertz CT molecular complexity index is 2530. The van der Waals surface area contributed by atoms with E-state index in [1.54, 1.807) is 0 Å². The number of fused-ring (bicyclic) bond motifs is 7. The summed E-state index contributed by atoms with van der Waals surface area (Å²) in [6.07, 6.45) is 0. The van der Waals surface area contributed by atoms with Crippen molar-refractivity contribution in [3.05, 3.63) is 152 Å². The second kappa shape index (κ2) is 9.93. The Morgan fingerprint density at radius 1 is 0.422 bits per heavy atom. The van der Waals surface area contributed by atoms with Crippen LogP contribution in [0.5, 0.6) is 0 Å². The molecule has 0 aliphatic rings. The molecule has 0 fully saturated rings. The van der Waals surface area contributed by atoms with Gasteiger partial charge in [-0.25, -0.2) is 9.97 Å². The highest BCUT2D eigenvalue weighted by atomic mass is 15.2. The van der Waals surface area contributed by atoms with E-state index in [4.69, 9.17) is 15.7 Å². The first-order valence-corrected chi connectivity index (χ1v) is 15.1. The molecule has 9 rings (SSSR count). The Morgan fingerprint density at radius 3 is 1.53 bits per heavy atom. The number of hydrogen-bond acceptors (Lipinski definition) is 3. The molecule has 0 saturated heterocycles. The van der Waals surface area contributed by atoms with Crippen LogP contribution < -0.4 is 5.73 Å². The molecule has 2 N–H and O–H groups in total. The fourth-order valence-corrected chi connectivity index (χ4v) is 6.65. The molecule has 3 heterocycles. The van der Waals surface area contributed by atoms with Gasteiger partial charge in [0.2, 0.25) is 5.95 Å². The van der Waals surface area contributed by atoms with Crippen LogP contribution in [0.4, 0.5) is 5.69 Å². The summed E-state index contributed by atoms with van der Waals surface area (Å²) < 4.78 is 4.63. The van der Waals surface area contributed by atoms with Gasteiger partial charge in [-0.15, -0.1) is 0 Å². The maximum absolute atomic E-state index is 6.06. The second-order valence-corrected chi connectivity index (χ2v) is 11.3. The summed E-state index contributed by atoms with van der Waals surface area (Å²) in [7, 11) is 0. The van der Waals surface area contributed by atoms with Crippen LogP contribution in [0, 0.1) is 0 Å². The summed E-state index contributed by atoms with van der Waals surface area (Å²) in [6, 6.07) is 52.5. The van der Waals surface area contributed by atoms with Gasteiger partial charge in [0.25, 0.3) is 0 Å². The molecule has 0 unspecified atom stereocenters. The molecule has 0 aliphatic heterocycles. The maximum atomic E-state index is 6.06. The molecule has 9 aromatic rings. The SMILES string of the molecule is Nc1ccc(-c2cc(-c3ccccc3)nc(-n3c4ccccc4c4ccc5c6ccccc6n(-c6ccccc6)c5c43)n2)cc1. The van der Waals surface area contributed by atoms with Crippen LogP contribution in [-0.4, -0.2) is 19.1 Å². The zero-order chi connectivity index (χ0) is 29.9. The van der Waals surface area contributed by atoms with E-state index in [-0.39, 0.29) is 0 Å². The topological polar surface area (TPSA) is 61.7 Å². The van der Waals surface area contributed by atoms with Crippen molar-refractivity contribution in [2.75, 3.05) is 5.73 Å². The summed E-state index contributed by atoms with van der Waals surface area (Å²) in [5.41, 5.74) is 16.0. The minimum atomic E-state index is 0.617. The molecule has 0 aliphatic carbocycles. The fraction of sp³-hybridized carbons (Fsp3) is 0. The van der Waals surface area contributed by atoms with Gasteiger partial charge in [-0.2, -0.15) is 0 Å². The van der Waals surface area contributed by atoms with E-state index in [9.17, 15) is 0 Å². The summed E-state index contributed by atoms with van der Waals surface area (Å²) in [6.45, 7) is 0. The predicted octanol–water partition coefficient (Wildman–Crippen LogP) is 9.59. The number of para-hydroxylation sites is 3. The molecule has 212 valence electrons. The van der Waals surface area contributed by atoms with Crippen LogP contribution in [-0.2, 0) is 0 Å². The van der Waals surface area contributed by atoms with Crippen molar-refractivity contribution in [3.63, 3.8) is 0 Å². The van der Waals surface area contributed by atoms with Gasteiger partial charge < -0.3 is 10.3 Å². The number of nitrogens with zero attached hydrogens (tertiary/aromatic N) is 4. The molecule has 0 amide bonds. The molecule has 0 atom stereocenters. The highest BCUT2D eigenvalue weighted by Gasteiger charge is 2.22. The number of nitrogen functional groups attached to an aromatic ring is 1. The lowest BCUT2D eigenvalue weighted by molar-refractivity contribution is 0.995. The average Bonchev–Trinajstić information content (AvgIpc) is 3.62. The Balaban J connectivity index is 1.47. The highest BCUT2D eigenvalue weighted by Crippen LogP contribution is 2.41. The van der Waals surface area contributed by atoms with Crippen molar-refractivity contribution in [1.29, 1.82) is 0 Å². The minimum Gasteiger partial charge on any atom is -0.399 e. The van der Waals surface area contributed by atoms with E-state index >= 15 is 0 Å². The third-order valence-electron chi connectivity index (χ3n) is 8.67. The van der Waals surface area contributed by atoms with Crippen LogP contribution in [0.1, 0.15) is 0 Å². The summed E-state index contributed by atoms with van der Waals surface area (Å²) in [4.78, 5) is 10.5. The first-order valence-electron chi connectivity index (χ1n) is 15.1. The number of hydrogen-bond donors (Lipinski definition) is 1. The van der Waals surface area contributed by atoms with E-state index < -0.39 is 0 Å². The van der Waals surface area contributed by atoms with Crippen molar-refractivity contribution >= 4 is 49.3 Å². The Kier molecular flexibility index (Phi) is 5.59. The molecule has 0 spiro atoms. The Labute approximate surface area is 259 Å². The molecular weight excluding hydrogens is 550 g/mol. The fourth-order valence-electron chi connectivity index (χ4n) is 6.65. The minimum absolute atomic E-state index is 0.617. The van der Waals surface area contributed by atoms with Crippen molar-refractivity contribution in [2.24, 2.45) is 0 Å². The van der Waals surface area contributed by atoms with Crippen molar-refractivity contribution in [3.8, 4) is 34.2 Å². The lowest BCUT2D eigenvalue weighted by Gasteiger charge is -2.14. The molecule has 6 aromatic carbocycles. The normalized spacial score (nSPS) is 11.6. The number of nitrogens with two attached hydrogens (primary N) is 1. The van der Waals surface area contributed by atoms with Gasteiger partial charge in [0.05, 0.1) is 33.5 Å². The van der Waals surface area contributed by atoms with Gasteiger partial charge >= 0.3 is 0 Å². The molecule has 3 aromatic heterocycles. The molecule has 0 bridgehead atoms. The number of benzene rings is 6. The largest absolute Gasteiger partial charge is 0.399 e. The van der Waals surface area contributed by atoms with E-state index in [2.05, 4.69) is 118 Å². The highest BCUT2D eigenvalue weighted by molar-refractivity contribution is 6.23. The van der Waals surface area contributed by atoms with Crippen LogP contribution in [0.15, 0.2) is 152 Å². The van der Waals surface area contributed by atoms with Crippen molar-refractivity contribution < 1.29 is 0 Å². The molecular formula is C40H27N5. The average molecular weight is 578 g/mol. The van der Waals surface area contributed by atoms with Gasteiger partial charge in [-0.1, -0.05) is 109 Å². The monoisotopic (exact) mass is 577 g/mol. The zero-order valence-electron chi connectivity index (χ0n) is 24.3. The van der Waals surface area contributed by atoms with Gasteiger partial charge in [-0.05, 0) is 42.5 Å². The third kappa shape index (κ3) is 3.95. The molecule has 0 saturated carbocycles. The first kappa shape index (κ1) is 25.3. The van der Waals surface area contributed by atoms with Gasteiger partial charge in [0, 0.05) is 44.0 Å². The van der Waals surface area contributed by atoms with E-state index in [0.717, 1.165) is 66.7 Å². The predicted molar refractivity (Wildman–Crippen MR) is 186 cm³/mol. The van der Waals surface area contributed by atoms with Crippen LogP contribution in [0.25, 0.3) is 77.8 Å². The van der Waals surface area contributed by atoms with Gasteiger partial charge in [0.1, 0.15) is 0 Å². The number of rotatable bonds is 4. The smallest absolute Gasteiger partial charge is 0.235 e.